The fourth-order valence-electron chi connectivity index (χ4n) is 4.06. The molecule has 1 aromatic carbocycles. The third-order valence-electron chi connectivity index (χ3n) is 6.31. The molecule has 194 valence electrons. The van der Waals surface area contributed by atoms with Crippen LogP contribution < -0.4 is 5.32 Å². The van der Waals surface area contributed by atoms with Gasteiger partial charge in [-0.15, -0.1) is 0 Å². The Kier molecular flexibility index (Phi) is 17.2. The Morgan fingerprint density at radius 1 is 0.765 bits per heavy atom. The van der Waals surface area contributed by atoms with Crippen LogP contribution in [0.15, 0.2) is 24.3 Å². The lowest BCUT2D eigenvalue weighted by molar-refractivity contribution is -0.147. The zero-order valence-electron chi connectivity index (χ0n) is 21.9. The summed E-state index contributed by atoms with van der Waals surface area (Å²) in [5.41, 5.74) is 0.322. The minimum atomic E-state index is -0.714. The Labute approximate surface area is 207 Å². The summed E-state index contributed by atoms with van der Waals surface area (Å²) in [5.74, 6) is -1.31. The van der Waals surface area contributed by atoms with E-state index in [-0.39, 0.29) is 5.92 Å². The van der Waals surface area contributed by atoms with E-state index < -0.39 is 23.7 Å². The van der Waals surface area contributed by atoms with Gasteiger partial charge in [0.1, 0.15) is 11.9 Å². The largest absolute Gasteiger partial charge is 0.464 e. The fourth-order valence-corrected chi connectivity index (χ4v) is 4.06. The third-order valence-corrected chi connectivity index (χ3v) is 6.31. The highest BCUT2D eigenvalue weighted by atomic mass is 19.1. The van der Waals surface area contributed by atoms with Gasteiger partial charge in [0.15, 0.2) is 0 Å². The van der Waals surface area contributed by atoms with Crippen LogP contribution in [0.1, 0.15) is 127 Å². The molecule has 34 heavy (non-hydrogen) atoms. The average molecular weight is 478 g/mol. The maximum atomic E-state index is 13.0. The molecule has 1 amide bonds. The van der Waals surface area contributed by atoms with Crippen LogP contribution in [0.4, 0.5) is 4.39 Å². The molecule has 0 aliphatic heterocycles. The standard InChI is InChI=1S/C29H48FNO3/c1-4-5-6-7-8-9-10-11-12-13-14-15-16-17-18-23-34-29(33)27(24(2)3)31-28(32)25-19-21-26(30)22-20-25/h19-22,24,27H,4-18,23H2,1-3H3,(H,31,32). The minimum Gasteiger partial charge on any atom is -0.464 e. The molecule has 0 aliphatic carbocycles. The van der Waals surface area contributed by atoms with Crippen molar-refractivity contribution in [3.05, 3.63) is 35.6 Å². The lowest BCUT2D eigenvalue weighted by atomic mass is 10.0. The molecular weight excluding hydrogens is 429 g/mol. The first-order valence-corrected chi connectivity index (χ1v) is 13.7. The van der Waals surface area contributed by atoms with Gasteiger partial charge in [-0.1, -0.05) is 111 Å². The number of benzene rings is 1. The smallest absolute Gasteiger partial charge is 0.328 e. The molecule has 0 radical (unpaired) electrons. The second-order valence-corrected chi connectivity index (χ2v) is 9.82. The highest BCUT2D eigenvalue weighted by Crippen LogP contribution is 2.14. The zero-order valence-corrected chi connectivity index (χ0v) is 21.9. The molecule has 1 unspecified atom stereocenters. The van der Waals surface area contributed by atoms with Crippen molar-refractivity contribution in [2.75, 3.05) is 6.61 Å². The van der Waals surface area contributed by atoms with E-state index in [4.69, 9.17) is 4.74 Å². The van der Waals surface area contributed by atoms with Gasteiger partial charge in [-0.3, -0.25) is 4.79 Å². The Morgan fingerprint density at radius 3 is 1.65 bits per heavy atom. The predicted molar refractivity (Wildman–Crippen MR) is 138 cm³/mol. The van der Waals surface area contributed by atoms with Crippen molar-refractivity contribution in [1.82, 2.24) is 5.32 Å². The van der Waals surface area contributed by atoms with Crippen LogP contribution in [0.5, 0.6) is 0 Å². The van der Waals surface area contributed by atoms with Crippen LogP contribution in [0.3, 0.4) is 0 Å². The van der Waals surface area contributed by atoms with Gasteiger partial charge in [-0.25, -0.2) is 9.18 Å². The molecule has 0 saturated carbocycles. The molecule has 0 aromatic heterocycles. The monoisotopic (exact) mass is 477 g/mol. The molecule has 5 heteroatoms. The minimum absolute atomic E-state index is 0.0991. The zero-order chi connectivity index (χ0) is 25.0. The van der Waals surface area contributed by atoms with Gasteiger partial charge in [0.05, 0.1) is 6.61 Å². The van der Waals surface area contributed by atoms with Crippen LogP contribution in [-0.2, 0) is 9.53 Å². The molecule has 1 N–H and O–H groups in total. The first-order valence-electron chi connectivity index (χ1n) is 13.7. The van der Waals surface area contributed by atoms with E-state index in [0.29, 0.717) is 12.2 Å². The van der Waals surface area contributed by atoms with Crippen LogP contribution in [0.25, 0.3) is 0 Å². The third kappa shape index (κ3) is 14.4. The number of carbonyl (C=O) groups is 2. The van der Waals surface area contributed by atoms with Gasteiger partial charge < -0.3 is 10.1 Å². The predicted octanol–water partition coefficient (Wildman–Crippen LogP) is 7.99. The highest BCUT2D eigenvalue weighted by molar-refractivity contribution is 5.96. The molecule has 1 aromatic rings. The summed E-state index contributed by atoms with van der Waals surface area (Å²) in [6, 6.07) is 4.56. The van der Waals surface area contributed by atoms with Crippen LogP contribution in [0, 0.1) is 11.7 Å². The van der Waals surface area contributed by atoms with Crippen molar-refractivity contribution < 1.29 is 18.7 Å². The molecule has 1 rings (SSSR count). The molecule has 0 saturated heterocycles. The number of nitrogens with one attached hydrogen (secondary N) is 1. The Balaban J connectivity index is 2.05. The maximum absolute atomic E-state index is 13.0. The molecule has 0 fully saturated rings. The topological polar surface area (TPSA) is 55.4 Å². The van der Waals surface area contributed by atoms with Crippen molar-refractivity contribution in [2.24, 2.45) is 5.92 Å². The number of hydrogen-bond acceptors (Lipinski definition) is 3. The summed E-state index contributed by atoms with van der Waals surface area (Å²) in [4.78, 5) is 24.8. The van der Waals surface area contributed by atoms with E-state index in [1.54, 1.807) is 0 Å². The molecule has 0 bridgehead atoms. The van der Waals surface area contributed by atoms with Crippen molar-refractivity contribution in [1.29, 1.82) is 0 Å². The average Bonchev–Trinajstić information content (AvgIpc) is 2.82. The van der Waals surface area contributed by atoms with E-state index in [2.05, 4.69) is 12.2 Å². The maximum Gasteiger partial charge on any atom is 0.328 e. The van der Waals surface area contributed by atoms with E-state index in [9.17, 15) is 14.0 Å². The number of carbonyl (C=O) groups excluding carboxylic acids is 2. The van der Waals surface area contributed by atoms with Crippen molar-refractivity contribution in [2.45, 2.75) is 123 Å². The van der Waals surface area contributed by atoms with Crippen LogP contribution in [0.2, 0.25) is 0 Å². The number of ether oxygens (including phenoxy) is 1. The van der Waals surface area contributed by atoms with Gasteiger partial charge >= 0.3 is 5.97 Å². The van der Waals surface area contributed by atoms with Crippen molar-refractivity contribution in [3.63, 3.8) is 0 Å². The lowest BCUT2D eigenvalue weighted by Gasteiger charge is -2.21. The highest BCUT2D eigenvalue weighted by Gasteiger charge is 2.26. The number of amides is 1. The van der Waals surface area contributed by atoms with E-state index in [1.165, 1.54) is 108 Å². The van der Waals surface area contributed by atoms with E-state index >= 15 is 0 Å². The summed E-state index contributed by atoms with van der Waals surface area (Å²) in [5, 5.41) is 2.72. The van der Waals surface area contributed by atoms with E-state index in [0.717, 1.165) is 12.8 Å². The first-order chi connectivity index (χ1) is 16.5. The Bertz CT molecular complexity index is 660. The number of unbranched alkanes of at least 4 members (excludes halogenated alkanes) is 14. The molecule has 1 atom stereocenters. The Hall–Kier alpha value is -1.91. The first kappa shape index (κ1) is 30.1. The van der Waals surface area contributed by atoms with Gasteiger partial charge in [0.2, 0.25) is 0 Å². The van der Waals surface area contributed by atoms with Crippen LogP contribution in [-0.4, -0.2) is 24.5 Å². The quantitative estimate of drug-likeness (QED) is 0.153. The van der Waals surface area contributed by atoms with Gasteiger partial charge in [-0.05, 0) is 36.6 Å². The second kappa shape index (κ2) is 19.4. The molecule has 0 heterocycles. The Morgan fingerprint density at radius 2 is 1.21 bits per heavy atom. The van der Waals surface area contributed by atoms with Crippen molar-refractivity contribution in [3.8, 4) is 0 Å². The molecule has 0 spiro atoms. The summed E-state index contributed by atoms with van der Waals surface area (Å²) in [7, 11) is 0. The van der Waals surface area contributed by atoms with Gasteiger partial charge in [0.25, 0.3) is 5.91 Å². The molecule has 4 nitrogen and oxygen atoms in total. The summed E-state index contributed by atoms with van der Waals surface area (Å²) < 4.78 is 18.5. The normalized spacial score (nSPS) is 12.0. The van der Waals surface area contributed by atoms with Crippen LogP contribution >= 0.6 is 0 Å². The number of halogens is 1. The van der Waals surface area contributed by atoms with Crippen molar-refractivity contribution >= 4 is 11.9 Å². The fraction of sp³-hybridized carbons (Fsp3) is 0.724. The summed E-state index contributed by atoms with van der Waals surface area (Å²) >= 11 is 0. The summed E-state index contributed by atoms with van der Waals surface area (Å²) in [6.45, 7) is 6.38. The van der Waals surface area contributed by atoms with E-state index in [1.807, 2.05) is 13.8 Å². The SMILES string of the molecule is CCCCCCCCCCCCCCCCCOC(=O)C(NC(=O)c1ccc(F)cc1)C(C)C. The number of esters is 1. The molecule has 0 aliphatic rings. The van der Waals surface area contributed by atoms with Gasteiger partial charge in [-0.2, -0.15) is 0 Å². The number of rotatable bonds is 20. The van der Waals surface area contributed by atoms with Gasteiger partial charge in [0, 0.05) is 5.56 Å². The second-order valence-electron chi connectivity index (χ2n) is 9.82. The molecular formula is C29H48FNO3. The summed E-state index contributed by atoms with van der Waals surface area (Å²) in [6.07, 6.45) is 19.4. The lowest BCUT2D eigenvalue weighted by Crippen LogP contribution is -2.45. The number of hydrogen-bond donors (Lipinski definition) is 1.